The van der Waals surface area contributed by atoms with Gasteiger partial charge in [0, 0.05) is 11.9 Å². The van der Waals surface area contributed by atoms with Crippen LogP contribution < -0.4 is 5.11 Å². The van der Waals surface area contributed by atoms with Crippen LogP contribution in [0, 0.1) is 11.8 Å². The Labute approximate surface area is 97.3 Å². The van der Waals surface area contributed by atoms with Crippen LogP contribution in [0.25, 0.3) is 0 Å². The molecule has 0 saturated carbocycles. The van der Waals surface area contributed by atoms with Crippen LogP contribution in [0.15, 0.2) is 30.3 Å². The van der Waals surface area contributed by atoms with Gasteiger partial charge in [0.05, 0.1) is 0 Å². The van der Waals surface area contributed by atoms with Gasteiger partial charge in [-0.15, -0.1) is 0 Å². The molecule has 2 nitrogen and oxygen atoms in total. The van der Waals surface area contributed by atoms with E-state index in [0.29, 0.717) is 6.42 Å². The number of carboxylic acid groups (broad SMARTS) is 1. The minimum Gasteiger partial charge on any atom is -0.550 e. The van der Waals surface area contributed by atoms with Gasteiger partial charge < -0.3 is 9.90 Å². The molecule has 88 valence electrons. The first-order chi connectivity index (χ1) is 7.65. The maximum absolute atomic E-state index is 11.1. The van der Waals surface area contributed by atoms with Crippen molar-refractivity contribution in [3.63, 3.8) is 0 Å². The highest BCUT2D eigenvalue weighted by Gasteiger charge is 2.18. The van der Waals surface area contributed by atoms with Crippen molar-refractivity contribution in [2.75, 3.05) is 0 Å². The number of carbonyl (C=O) groups excluding carboxylic acids is 1. The van der Waals surface area contributed by atoms with Crippen LogP contribution in [0.5, 0.6) is 0 Å². The van der Waals surface area contributed by atoms with Crippen LogP contribution in [0.3, 0.4) is 0 Å². The molecule has 0 spiro atoms. The summed E-state index contributed by atoms with van der Waals surface area (Å²) in [5.41, 5.74) is 1.07. The smallest absolute Gasteiger partial charge is 0.0451 e. The van der Waals surface area contributed by atoms with E-state index in [4.69, 9.17) is 0 Å². The van der Waals surface area contributed by atoms with Gasteiger partial charge >= 0.3 is 0 Å². The van der Waals surface area contributed by atoms with Crippen LogP contribution >= 0.6 is 0 Å². The van der Waals surface area contributed by atoms with E-state index < -0.39 is 5.97 Å². The van der Waals surface area contributed by atoms with Crippen LogP contribution in [-0.2, 0) is 11.2 Å². The first kappa shape index (κ1) is 12.8. The second kappa shape index (κ2) is 6.31. The van der Waals surface area contributed by atoms with Gasteiger partial charge in [-0.1, -0.05) is 57.0 Å². The molecular formula is C14H19O2-. The highest BCUT2D eigenvalue weighted by molar-refractivity contribution is 5.68. The molecule has 0 amide bonds. The summed E-state index contributed by atoms with van der Waals surface area (Å²) in [7, 11) is 0. The van der Waals surface area contributed by atoms with Crippen LogP contribution in [0.1, 0.15) is 32.3 Å². The second-order valence-electron chi connectivity index (χ2n) is 4.38. The maximum atomic E-state index is 11.1. The molecule has 0 fully saturated rings. The van der Waals surface area contributed by atoms with Crippen LogP contribution in [0.2, 0.25) is 0 Å². The van der Waals surface area contributed by atoms with Gasteiger partial charge in [0.25, 0.3) is 0 Å². The van der Waals surface area contributed by atoms with Gasteiger partial charge in [-0.2, -0.15) is 0 Å². The molecule has 0 radical (unpaired) electrons. The summed E-state index contributed by atoms with van der Waals surface area (Å²) in [6, 6.07) is 9.74. The molecule has 2 atom stereocenters. The summed E-state index contributed by atoms with van der Waals surface area (Å²) in [5, 5.41) is 11.1. The Morgan fingerprint density at radius 3 is 2.44 bits per heavy atom. The fourth-order valence-corrected chi connectivity index (χ4v) is 2.04. The minimum absolute atomic E-state index is 0.176. The molecular weight excluding hydrogens is 200 g/mol. The van der Waals surface area contributed by atoms with E-state index in [2.05, 4.69) is 6.92 Å². The van der Waals surface area contributed by atoms with E-state index in [1.807, 2.05) is 37.3 Å². The van der Waals surface area contributed by atoms with E-state index in [0.717, 1.165) is 18.4 Å². The van der Waals surface area contributed by atoms with Crippen LogP contribution in [0.4, 0.5) is 0 Å². The number of aliphatic carboxylic acids is 1. The zero-order valence-electron chi connectivity index (χ0n) is 9.98. The molecule has 0 aromatic heterocycles. The molecule has 16 heavy (non-hydrogen) atoms. The van der Waals surface area contributed by atoms with Gasteiger partial charge in [0.1, 0.15) is 0 Å². The fraction of sp³-hybridized carbons (Fsp3) is 0.500. The van der Waals surface area contributed by atoms with Gasteiger partial charge in [-0.25, -0.2) is 0 Å². The standard InChI is InChI=1S/C14H20O2/c1-3-7-11(2)13(14(15)16)10-12-8-5-4-6-9-12/h4-6,8-9,11,13H,3,7,10H2,1-2H3,(H,15,16)/p-1. The predicted molar refractivity (Wildman–Crippen MR) is 62.7 cm³/mol. The van der Waals surface area contributed by atoms with Gasteiger partial charge in [-0.3, -0.25) is 0 Å². The lowest BCUT2D eigenvalue weighted by Crippen LogP contribution is -2.36. The summed E-state index contributed by atoms with van der Waals surface area (Å²) >= 11 is 0. The average Bonchev–Trinajstić information content (AvgIpc) is 2.27. The topological polar surface area (TPSA) is 40.1 Å². The molecule has 1 aromatic rings. The molecule has 2 unspecified atom stereocenters. The summed E-state index contributed by atoms with van der Waals surface area (Å²) in [6.45, 7) is 4.07. The summed E-state index contributed by atoms with van der Waals surface area (Å²) in [4.78, 5) is 11.1. The zero-order chi connectivity index (χ0) is 12.0. The van der Waals surface area contributed by atoms with Crippen molar-refractivity contribution in [2.45, 2.75) is 33.1 Å². The fourth-order valence-electron chi connectivity index (χ4n) is 2.04. The van der Waals surface area contributed by atoms with E-state index in [-0.39, 0.29) is 11.8 Å². The molecule has 1 rings (SSSR count). The summed E-state index contributed by atoms with van der Waals surface area (Å²) in [5.74, 6) is -1.12. The summed E-state index contributed by atoms with van der Waals surface area (Å²) in [6.07, 6.45) is 2.52. The molecule has 0 aliphatic rings. The van der Waals surface area contributed by atoms with E-state index >= 15 is 0 Å². The number of rotatable bonds is 6. The molecule has 0 aliphatic heterocycles. The lowest BCUT2D eigenvalue weighted by Gasteiger charge is -2.24. The number of carboxylic acids is 1. The molecule has 1 aromatic carbocycles. The second-order valence-corrected chi connectivity index (χ2v) is 4.38. The molecule has 0 bridgehead atoms. The Morgan fingerprint density at radius 1 is 1.31 bits per heavy atom. The van der Waals surface area contributed by atoms with Crippen molar-refractivity contribution in [1.82, 2.24) is 0 Å². The Morgan fingerprint density at radius 2 is 1.94 bits per heavy atom. The Bertz CT molecular complexity index is 319. The highest BCUT2D eigenvalue weighted by Crippen LogP contribution is 2.21. The SMILES string of the molecule is CCCC(C)C(Cc1ccccc1)C(=O)[O-]. The predicted octanol–water partition coefficient (Wildman–Crippen LogP) is 2.03. The Kier molecular flexibility index (Phi) is 5.03. The van der Waals surface area contributed by atoms with Crippen molar-refractivity contribution < 1.29 is 9.90 Å². The Hall–Kier alpha value is -1.31. The quantitative estimate of drug-likeness (QED) is 0.734. The molecule has 0 heterocycles. The average molecular weight is 219 g/mol. The third-order valence-corrected chi connectivity index (χ3v) is 3.03. The molecule has 0 N–H and O–H groups in total. The molecule has 0 saturated heterocycles. The lowest BCUT2D eigenvalue weighted by atomic mass is 9.85. The number of hydrogen-bond donors (Lipinski definition) is 0. The molecule has 2 heteroatoms. The van der Waals surface area contributed by atoms with E-state index in [1.165, 1.54) is 0 Å². The summed E-state index contributed by atoms with van der Waals surface area (Å²) < 4.78 is 0. The monoisotopic (exact) mass is 219 g/mol. The van der Waals surface area contributed by atoms with Crippen LogP contribution in [-0.4, -0.2) is 5.97 Å². The van der Waals surface area contributed by atoms with Crippen molar-refractivity contribution >= 4 is 5.97 Å². The van der Waals surface area contributed by atoms with Gasteiger partial charge in [0.2, 0.25) is 0 Å². The largest absolute Gasteiger partial charge is 0.550 e. The zero-order valence-corrected chi connectivity index (χ0v) is 9.98. The minimum atomic E-state index is -0.926. The maximum Gasteiger partial charge on any atom is 0.0451 e. The van der Waals surface area contributed by atoms with Gasteiger partial charge in [0.15, 0.2) is 0 Å². The normalized spacial score (nSPS) is 14.4. The number of hydrogen-bond acceptors (Lipinski definition) is 2. The van der Waals surface area contributed by atoms with E-state index in [1.54, 1.807) is 0 Å². The first-order valence-electron chi connectivity index (χ1n) is 5.90. The number of benzene rings is 1. The third kappa shape index (κ3) is 3.69. The first-order valence-corrected chi connectivity index (χ1v) is 5.90. The van der Waals surface area contributed by atoms with Crippen molar-refractivity contribution in [3.8, 4) is 0 Å². The van der Waals surface area contributed by atoms with E-state index in [9.17, 15) is 9.90 Å². The van der Waals surface area contributed by atoms with Crippen molar-refractivity contribution in [3.05, 3.63) is 35.9 Å². The lowest BCUT2D eigenvalue weighted by molar-refractivity contribution is -0.313. The van der Waals surface area contributed by atoms with Gasteiger partial charge in [-0.05, 0) is 17.9 Å². The van der Waals surface area contributed by atoms with Crippen molar-refractivity contribution in [1.29, 1.82) is 0 Å². The third-order valence-electron chi connectivity index (χ3n) is 3.03. The Balaban J connectivity index is 2.69. The number of carbonyl (C=O) groups is 1. The molecule has 0 aliphatic carbocycles. The highest BCUT2D eigenvalue weighted by atomic mass is 16.4. The van der Waals surface area contributed by atoms with Crippen molar-refractivity contribution in [2.24, 2.45) is 11.8 Å².